The van der Waals surface area contributed by atoms with Crippen LogP contribution in [0.5, 0.6) is 5.88 Å². The molecule has 0 saturated heterocycles. The summed E-state index contributed by atoms with van der Waals surface area (Å²) in [6.45, 7) is 0. The van der Waals surface area contributed by atoms with Crippen molar-refractivity contribution in [3.63, 3.8) is 0 Å². The first-order valence-electron chi connectivity index (χ1n) is 5.13. The van der Waals surface area contributed by atoms with Gasteiger partial charge in [0.2, 0.25) is 11.7 Å². The summed E-state index contributed by atoms with van der Waals surface area (Å²) < 4.78 is 80.8. The minimum absolute atomic E-state index is 0.240. The lowest BCUT2D eigenvalue weighted by Crippen LogP contribution is -2.14. The third-order valence-electron chi connectivity index (χ3n) is 2.44. The van der Waals surface area contributed by atoms with Gasteiger partial charge in [-0.15, -0.1) is 0 Å². The molecule has 0 aliphatic heterocycles. The zero-order valence-corrected chi connectivity index (χ0v) is 9.80. The van der Waals surface area contributed by atoms with Gasteiger partial charge in [0, 0.05) is 0 Å². The lowest BCUT2D eigenvalue weighted by atomic mass is 10.1. The number of rotatable bonds is 1. The van der Waals surface area contributed by atoms with E-state index in [0.29, 0.717) is 6.07 Å². The molecule has 0 unspecified atom stereocenters. The average Bonchev–Trinajstić information content (AvgIpc) is 2.34. The van der Waals surface area contributed by atoms with Crippen LogP contribution in [0.2, 0.25) is 0 Å². The van der Waals surface area contributed by atoms with Gasteiger partial charge < -0.3 is 4.74 Å². The number of para-hydroxylation sites is 1. The van der Waals surface area contributed by atoms with E-state index in [4.69, 9.17) is 0 Å². The maximum absolute atomic E-state index is 12.8. The Bertz CT molecular complexity index is 650. The first-order chi connectivity index (χ1) is 9.14. The van der Waals surface area contributed by atoms with E-state index in [0.717, 1.165) is 19.2 Å². The molecule has 20 heavy (non-hydrogen) atoms. The summed E-state index contributed by atoms with van der Waals surface area (Å²) in [5.41, 5.74) is -2.12. The van der Waals surface area contributed by atoms with Gasteiger partial charge in [0.25, 0.3) is 0 Å². The molecule has 1 aromatic heterocycles. The summed E-state index contributed by atoms with van der Waals surface area (Å²) in [6.07, 6.45) is -9.80. The molecule has 0 saturated carbocycles. The molecule has 0 aliphatic carbocycles. The van der Waals surface area contributed by atoms with Gasteiger partial charge in [-0.05, 0) is 12.1 Å². The van der Waals surface area contributed by atoms with Crippen molar-refractivity contribution in [1.82, 2.24) is 9.97 Å². The molecule has 3 nitrogen and oxygen atoms in total. The summed E-state index contributed by atoms with van der Waals surface area (Å²) in [4.78, 5) is 6.07. The van der Waals surface area contributed by atoms with E-state index in [1.54, 1.807) is 0 Å². The Morgan fingerprint density at radius 2 is 1.60 bits per heavy atom. The Morgan fingerprint density at radius 3 is 2.10 bits per heavy atom. The molecule has 0 amide bonds. The molecule has 2 rings (SSSR count). The van der Waals surface area contributed by atoms with Gasteiger partial charge in [0.05, 0.1) is 23.6 Å². The van der Waals surface area contributed by atoms with Gasteiger partial charge in [-0.1, -0.05) is 6.07 Å². The number of fused-ring (bicyclic) bond motifs is 1. The maximum atomic E-state index is 12.8. The first kappa shape index (κ1) is 14.4. The van der Waals surface area contributed by atoms with Crippen molar-refractivity contribution in [1.29, 1.82) is 0 Å². The lowest BCUT2D eigenvalue weighted by Gasteiger charge is -2.13. The number of aromatic nitrogens is 2. The van der Waals surface area contributed by atoms with Gasteiger partial charge in [-0.2, -0.15) is 31.3 Å². The van der Waals surface area contributed by atoms with Crippen LogP contribution in [-0.4, -0.2) is 17.1 Å². The lowest BCUT2D eigenvalue weighted by molar-refractivity contribution is -0.145. The number of methoxy groups -OCH3 is 1. The van der Waals surface area contributed by atoms with Crippen molar-refractivity contribution in [2.75, 3.05) is 7.11 Å². The van der Waals surface area contributed by atoms with Crippen LogP contribution in [0.1, 0.15) is 11.4 Å². The maximum Gasteiger partial charge on any atom is 0.451 e. The van der Waals surface area contributed by atoms with Crippen molar-refractivity contribution in [2.24, 2.45) is 0 Å². The fraction of sp³-hybridized carbons (Fsp3) is 0.273. The van der Waals surface area contributed by atoms with Gasteiger partial charge in [0.15, 0.2) is 0 Å². The second kappa shape index (κ2) is 4.50. The molecule has 0 bridgehead atoms. The molecule has 1 heterocycles. The molecule has 0 fully saturated rings. The van der Waals surface area contributed by atoms with Crippen molar-refractivity contribution in [3.05, 3.63) is 29.6 Å². The summed E-state index contributed by atoms with van der Waals surface area (Å²) in [5, 5.41) is -0.240. The smallest absolute Gasteiger partial charge is 0.451 e. The molecule has 0 radical (unpaired) electrons. The Balaban J connectivity index is 2.87. The minimum Gasteiger partial charge on any atom is -0.480 e. The highest BCUT2D eigenvalue weighted by atomic mass is 19.4. The Hall–Kier alpha value is -2.06. The Kier molecular flexibility index (Phi) is 3.23. The highest BCUT2D eigenvalue weighted by Crippen LogP contribution is 2.38. The van der Waals surface area contributed by atoms with E-state index in [9.17, 15) is 26.3 Å². The second-order valence-corrected chi connectivity index (χ2v) is 3.75. The summed E-state index contributed by atoms with van der Waals surface area (Å²) >= 11 is 0. The summed E-state index contributed by atoms with van der Waals surface area (Å²) in [5.74, 6) is -2.24. The van der Waals surface area contributed by atoms with Crippen molar-refractivity contribution in [3.8, 4) is 5.88 Å². The molecular formula is C11H6F6N2O. The minimum atomic E-state index is -4.97. The van der Waals surface area contributed by atoms with Crippen LogP contribution in [0.4, 0.5) is 26.3 Å². The van der Waals surface area contributed by atoms with Crippen molar-refractivity contribution < 1.29 is 31.1 Å². The zero-order valence-electron chi connectivity index (χ0n) is 9.80. The van der Waals surface area contributed by atoms with Crippen LogP contribution in [0.3, 0.4) is 0 Å². The molecule has 1 aromatic carbocycles. The summed E-state index contributed by atoms with van der Waals surface area (Å²) in [7, 11) is 1.02. The van der Waals surface area contributed by atoms with E-state index < -0.39 is 35.1 Å². The number of halogens is 6. The molecule has 0 aliphatic rings. The van der Waals surface area contributed by atoms with Gasteiger partial charge in [0.1, 0.15) is 0 Å². The highest BCUT2D eigenvalue weighted by Gasteiger charge is 2.38. The normalized spacial score (nSPS) is 12.8. The number of benzene rings is 1. The first-order valence-corrected chi connectivity index (χ1v) is 5.13. The molecular weight excluding hydrogens is 290 g/mol. The van der Waals surface area contributed by atoms with Crippen molar-refractivity contribution >= 4 is 10.9 Å². The van der Waals surface area contributed by atoms with Crippen LogP contribution in [0, 0.1) is 0 Å². The predicted octanol–water partition coefficient (Wildman–Crippen LogP) is 3.68. The number of alkyl halides is 6. The van der Waals surface area contributed by atoms with Crippen LogP contribution >= 0.6 is 0 Å². The number of hydrogen-bond acceptors (Lipinski definition) is 3. The Morgan fingerprint density at radius 1 is 0.950 bits per heavy atom. The standard InChI is InChI=1S/C11H6F6N2O/c1-20-8-5-3-2-4-6(10(12,13)14)7(5)18-9(19-8)11(15,16)17/h2-4H,1H3. The average molecular weight is 296 g/mol. The van der Waals surface area contributed by atoms with Crippen LogP contribution < -0.4 is 4.74 Å². The quantitative estimate of drug-likeness (QED) is 0.753. The van der Waals surface area contributed by atoms with E-state index in [-0.39, 0.29) is 5.39 Å². The SMILES string of the molecule is COc1nc(C(F)(F)F)nc2c(C(F)(F)F)cccc12. The van der Waals surface area contributed by atoms with Gasteiger partial charge in [-0.25, -0.2) is 4.98 Å². The number of nitrogens with zero attached hydrogens (tertiary/aromatic N) is 2. The molecule has 0 N–H and O–H groups in total. The van der Waals surface area contributed by atoms with E-state index in [1.807, 2.05) is 0 Å². The molecule has 0 atom stereocenters. The van der Waals surface area contributed by atoms with E-state index in [2.05, 4.69) is 14.7 Å². The fourth-order valence-electron chi connectivity index (χ4n) is 1.63. The van der Waals surface area contributed by atoms with E-state index >= 15 is 0 Å². The Labute approximate surface area is 108 Å². The number of hydrogen-bond donors (Lipinski definition) is 0. The zero-order chi connectivity index (χ0) is 15.1. The third kappa shape index (κ3) is 2.47. The molecule has 108 valence electrons. The van der Waals surface area contributed by atoms with Crippen LogP contribution in [0.15, 0.2) is 18.2 Å². The predicted molar refractivity (Wildman–Crippen MR) is 56.1 cm³/mol. The monoisotopic (exact) mass is 296 g/mol. The molecule has 2 aromatic rings. The van der Waals surface area contributed by atoms with Crippen molar-refractivity contribution in [2.45, 2.75) is 12.4 Å². The topological polar surface area (TPSA) is 35.0 Å². The highest BCUT2D eigenvalue weighted by molar-refractivity contribution is 5.86. The molecule has 0 spiro atoms. The fourth-order valence-corrected chi connectivity index (χ4v) is 1.63. The molecule has 9 heteroatoms. The summed E-state index contributed by atoms with van der Waals surface area (Å²) in [6, 6.07) is 2.85. The largest absolute Gasteiger partial charge is 0.480 e. The van der Waals surface area contributed by atoms with E-state index in [1.165, 1.54) is 0 Å². The van der Waals surface area contributed by atoms with Crippen LogP contribution in [0.25, 0.3) is 10.9 Å². The van der Waals surface area contributed by atoms with Crippen LogP contribution in [-0.2, 0) is 12.4 Å². The third-order valence-corrected chi connectivity index (χ3v) is 2.44. The second-order valence-electron chi connectivity index (χ2n) is 3.75. The van der Waals surface area contributed by atoms with Gasteiger partial charge >= 0.3 is 12.4 Å². The van der Waals surface area contributed by atoms with Gasteiger partial charge in [-0.3, -0.25) is 0 Å². The number of ether oxygens (including phenoxy) is 1.